The fraction of sp³-hybridized carbons (Fsp3) is 0.200. The Balaban J connectivity index is 1.60. The number of nitrogen functional groups attached to an aromatic ring is 1. The smallest absolute Gasteiger partial charge is 0.419 e. The van der Waals surface area contributed by atoms with Crippen LogP contribution in [-0.2, 0) is 6.18 Å². The Hall–Kier alpha value is -3.96. The van der Waals surface area contributed by atoms with E-state index < -0.39 is 43.1 Å². The van der Waals surface area contributed by atoms with Crippen molar-refractivity contribution in [1.29, 1.82) is 0 Å². The lowest BCUT2D eigenvalue weighted by Crippen LogP contribution is -2.32. The van der Waals surface area contributed by atoms with E-state index in [9.17, 15) is 22.4 Å². The summed E-state index contributed by atoms with van der Waals surface area (Å²) in [4.78, 5) is 26.0. The molecule has 0 fully saturated rings. The number of nitrogens with two attached hydrogens (primary N) is 1. The van der Waals surface area contributed by atoms with Crippen molar-refractivity contribution in [3.05, 3.63) is 59.6 Å². The number of pyridine rings is 1. The number of ether oxygens (including phenoxy) is 1. The molecule has 32 heavy (non-hydrogen) atoms. The average molecular weight is 449 g/mol. The van der Waals surface area contributed by atoms with Gasteiger partial charge in [0.05, 0.1) is 35.8 Å². The zero-order valence-corrected chi connectivity index (χ0v) is 15.9. The quantitative estimate of drug-likeness (QED) is 0.472. The summed E-state index contributed by atoms with van der Waals surface area (Å²) in [7, 11) is 0. The van der Waals surface area contributed by atoms with Crippen molar-refractivity contribution >= 4 is 28.3 Å². The fourth-order valence-electron chi connectivity index (χ4n) is 3.61. The second-order valence-electron chi connectivity index (χ2n) is 7.07. The van der Waals surface area contributed by atoms with Gasteiger partial charge in [0, 0.05) is 16.7 Å². The Morgan fingerprint density at radius 1 is 1.31 bits per heavy atom. The molecule has 0 saturated carbocycles. The Morgan fingerprint density at radius 3 is 2.88 bits per heavy atom. The maximum Gasteiger partial charge on any atom is 0.419 e. The van der Waals surface area contributed by atoms with E-state index in [2.05, 4.69) is 15.0 Å². The van der Waals surface area contributed by atoms with E-state index in [1.165, 1.54) is 29.2 Å². The first-order valence-corrected chi connectivity index (χ1v) is 9.10. The molecule has 0 bridgehead atoms. The number of hydrogen-bond donors (Lipinski definition) is 1. The van der Waals surface area contributed by atoms with Crippen LogP contribution in [0, 0.1) is 5.82 Å². The van der Waals surface area contributed by atoms with E-state index >= 15 is 0 Å². The third-order valence-electron chi connectivity index (χ3n) is 5.17. The molecule has 1 amide bonds. The zero-order valence-electron chi connectivity index (χ0n) is 18.9. The highest BCUT2D eigenvalue weighted by molar-refractivity contribution is 5.96. The molecule has 1 aliphatic heterocycles. The minimum absolute atomic E-state index is 0.167. The third kappa shape index (κ3) is 2.98. The lowest BCUT2D eigenvalue weighted by Gasteiger charge is -2.23. The summed E-state index contributed by atoms with van der Waals surface area (Å²) >= 11 is 0. The van der Waals surface area contributed by atoms with Gasteiger partial charge in [-0.15, -0.1) is 0 Å². The molecule has 4 heterocycles. The summed E-state index contributed by atoms with van der Waals surface area (Å²) in [6.07, 6.45) is -0.877. The maximum atomic E-state index is 14.3. The standard InChI is InChI=1S/C20H14F4N6O2/c1-29(16-7-32-17-3-10(20(22,23)24)11(21)2-9(16)17)19(31)12-4-14-13(5-27-12)28-18(25)15-6-26-8-30(14)15/h2-6,8,16H,7H2,1H3,(H2,25,28)/i1D3. The zero-order chi connectivity index (χ0) is 25.3. The highest BCUT2D eigenvalue weighted by Crippen LogP contribution is 2.42. The molecule has 8 nitrogen and oxygen atoms in total. The van der Waals surface area contributed by atoms with Crippen LogP contribution in [0.2, 0.25) is 0 Å². The Labute approximate surface area is 181 Å². The molecule has 4 aromatic rings. The average Bonchev–Trinajstić information content (AvgIpc) is 3.40. The van der Waals surface area contributed by atoms with Crippen LogP contribution in [-0.4, -0.2) is 43.7 Å². The van der Waals surface area contributed by atoms with Crippen molar-refractivity contribution in [2.75, 3.05) is 19.3 Å². The van der Waals surface area contributed by atoms with E-state index in [-0.39, 0.29) is 22.8 Å². The van der Waals surface area contributed by atoms with Gasteiger partial charge >= 0.3 is 6.18 Å². The van der Waals surface area contributed by atoms with Crippen molar-refractivity contribution in [3.8, 4) is 5.75 Å². The fourth-order valence-corrected chi connectivity index (χ4v) is 3.61. The first-order valence-electron chi connectivity index (χ1n) is 10.6. The minimum Gasteiger partial charge on any atom is -0.491 e. The van der Waals surface area contributed by atoms with E-state index in [0.29, 0.717) is 33.6 Å². The largest absolute Gasteiger partial charge is 0.491 e. The number of rotatable bonds is 2. The van der Waals surface area contributed by atoms with Gasteiger partial charge in [-0.25, -0.2) is 19.3 Å². The number of alkyl halides is 3. The minimum atomic E-state index is -4.98. The Kier molecular flexibility index (Phi) is 3.53. The summed E-state index contributed by atoms with van der Waals surface area (Å²) in [6.45, 7) is -3.55. The normalized spacial score (nSPS) is 17.5. The number of nitrogens with zero attached hydrogens (tertiary/aromatic N) is 5. The number of likely N-dealkylation sites (N-methyl/N-ethyl adjacent to an activating group) is 1. The highest BCUT2D eigenvalue weighted by atomic mass is 19.4. The van der Waals surface area contributed by atoms with Crippen LogP contribution in [0.25, 0.3) is 16.6 Å². The first-order chi connectivity index (χ1) is 16.4. The van der Waals surface area contributed by atoms with Crippen molar-refractivity contribution in [1.82, 2.24) is 24.3 Å². The molecule has 164 valence electrons. The van der Waals surface area contributed by atoms with Crippen LogP contribution in [0.4, 0.5) is 23.4 Å². The van der Waals surface area contributed by atoms with Gasteiger partial charge in [-0.3, -0.25) is 9.20 Å². The Bertz CT molecular complexity index is 1500. The van der Waals surface area contributed by atoms with Gasteiger partial charge in [-0.05, 0) is 18.2 Å². The van der Waals surface area contributed by atoms with Crippen LogP contribution >= 0.6 is 0 Å². The number of anilines is 1. The van der Waals surface area contributed by atoms with Crippen molar-refractivity contribution in [2.45, 2.75) is 12.2 Å². The number of halogens is 4. The lowest BCUT2D eigenvalue weighted by atomic mass is 10.0. The van der Waals surface area contributed by atoms with E-state index in [0.717, 1.165) is 0 Å². The first kappa shape index (κ1) is 16.7. The Morgan fingerprint density at radius 2 is 2.12 bits per heavy atom. The van der Waals surface area contributed by atoms with Crippen molar-refractivity contribution in [2.24, 2.45) is 0 Å². The molecule has 0 aliphatic carbocycles. The monoisotopic (exact) mass is 449 g/mol. The van der Waals surface area contributed by atoms with Crippen LogP contribution in [0.1, 0.15) is 31.8 Å². The molecule has 5 rings (SSSR count). The van der Waals surface area contributed by atoms with Crippen molar-refractivity contribution < 1.29 is 31.2 Å². The second kappa shape index (κ2) is 6.77. The van der Waals surface area contributed by atoms with Crippen LogP contribution in [0.3, 0.4) is 0 Å². The second-order valence-corrected chi connectivity index (χ2v) is 7.07. The molecular weight excluding hydrogens is 432 g/mol. The summed E-state index contributed by atoms with van der Waals surface area (Å²) in [5.41, 5.74) is 4.94. The molecule has 3 aromatic heterocycles. The number of carbonyl (C=O) groups excluding carboxylic acids is 1. The summed E-state index contributed by atoms with van der Waals surface area (Å²) in [6, 6.07) is 0.892. The SMILES string of the molecule is [2H]C([2H])([2H])N(C(=O)c1cc2c(cn1)nc(N)c1cncn12)C1COc2cc(C(F)(F)F)c(F)cc21. The summed E-state index contributed by atoms with van der Waals surface area (Å²) in [5.74, 6) is -2.88. The third-order valence-corrected chi connectivity index (χ3v) is 5.17. The summed E-state index contributed by atoms with van der Waals surface area (Å²) in [5, 5.41) is 0. The predicted molar refractivity (Wildman–Crippen MR) is 104 cm³/mol. The van der Waals surface area contributed by atoms with Crippen molar-refractivity contribution in [3.63, 3.8) is 0 Å². The van der Waals surface area contributed by atoms with Gasteiger partial charge in [0.25, 0.3) is 5.91 Å². The van der Waals surface area contributed by atoms with E-state index in [4.69, 9.17) is 14.6 Å². The van der Waals surface area contributed by atoms with Gasteiger partial charge < -0.3 is 15.4 Å². The van der Waals surface area contributed by atoms with Gasteiger partial charge in [-0.1, -0.05) is 0 Å². The van der Waals surface area contributed by atoms with Gasteiger partial charge in [0.2, 0.25) is 0 Å². The van der Waals surface area contributed by atoms with E-state index in [1.54, 1.807) is 0 Å². The molecule has 0 saturated heterocycles. The van der Waals surface area contributed by atoms with Crippen LogP contribution < -0.4 is 10.5 Å². The van der Waals surface area contributed by atoms with E-state index in [1.807, 2.05) is 0 Å². The molecule has 2 N–H and O–H groups in total. The number of amides is 1. The number of carbonyl (C=O) groups is 1. The maximum absolute atomic E-state index is 14.3. The predicted octanol–water partition coefficient (Wildman–Crippen LogP) is 3.22. The molecule has 1 atom stereocenters. The highest BCUT2D eigenvalue weighted by Gasteiger charge is 2.39. The lowest BCUT2D eigenvalue weighted by molar-refractivity contribution is -0.140. The molecule has 0 radical (unpaired) electrons. The van der Waals surface area contributed by atoms with Gasteiger partial charge in [0.15, 0.2) is 0 Å². The van der Waals surface area contributed by atoms with Crippen LogP contribution in [0.5, 0.6) is 5.75 Å². The molecule has 0 spiro atoms. The molecule has 1 aliphatic rings. The van der Waals surface area contributed by atoms with Gasteiger partial charge in [-0.2, -0.15) is 13.2 Å². The molecule has 1 unspecified atom stereocenters. The number of benzene rings is 1. The van der Waals surface area contributed by atoms with Gasteiger partial charge in [0.1, 0.15) is 40.7 Å². The molecule has 1 aromatic carbocycles. The van der Waals surface area contributed by atoms with Crippen LogP contribution in [0.15, 0.2) is 36.9 Å². The number of aromatic nitrogens is 4. The number of imidazole rings is 1. The summed E-state index contributed by atoms with van der Waals surface area (Å²) < 4.78 is 84.0. The molecule has 12 heteroatoms. The number of fused-ring (bicyclic) bond motifs is 4. The topological polar surface area (TPSA) is 98.6 Å². The molecular formula is C20H14F4N6O2. The number of hydrogen-bond acceptors (Lipinski definition) is 6.